The Balaban J connectivity index is 0.000000473. The third kappa shape index (κ3) is 6.51. The lowest BCUT2D eigenvalue weighted by Gasteiger charge is -2.17. The van der Waals surface area contributed by atoms with E-state index in [1.807, 2.05) is 0 Å². The molecule has 0 atom stereocenters. The molecule has 0 amide bonds. The zero-order valence-electron chi connectivity index (χ0n) is 33.9. The highest BCUT2D eigenvalue weighted by atomic mass is 15.0. The molecule has 0 aliphatic rings. The molecule has 8 aromatic carbocycles. The van der Waals surface area contributed by atoms with Gasteiger partial charge in [0, 0.05) is 44.3 Å². The Labute approximate surface area is 345 Å². The molecule has 3 aromatic heterocycles. The number of nitrogens with zero attached hydrogens (tertiary/aromatic N) is 3. The van der Waals surface area contributed by atoms with Gasteiger partial charge < -0.3 is 13.7 Å². The van der Waals surface area contributed by atoms with E-state index in [1.165, 1.54) is 88.4 Å². The summed E-state index contributed by atoms with van der Waals surface area (Å²) in [6.07, 6.45) is 0. The number of rotatable bonds is 5. The Morgan fingerprint density at radius 2 is 0.644 bits per heavy atom. The number of hydrogen-bond donors (Lipinski definition) is 0. The average Bonchev–Trinajstić information content (AvgIpc) is 3.94. The van der Waals surface area contributed by atoms with Gasteiger partial charge in [-0.15, -0.1) is 0 Å². The lowest BCUT2D eigenvalue weighted by Crippen LogP contribution is -2.01. The lowest BCUT2D eigenvalue weighted by atomic mass is 10.0. The maximum Gasteiger partial charge on any atom is 0.0541 e. The van der Waals surface area contributed by atoms with Crippen molar-refractivity contribution in [2.24, 2.45) is 0 Å². The minimum absolute atomic E-state index is 1.13. The zero-order valence-corrected chi connectivity index (χ0v) is 33.9. The largest absolute Gasteiger partial charge is 0.314 e. The van der Waals surface area contributed by atoms with Crippen molar-refractivity contribution in [3.8, 4) is 39.4 Å². The molecular weight excluding hydrogens is 715 g/mol. The zero-order chi connectivity index (χ0) is 40.0. The fraction of sp³-hybridized carbons (Fsp3) is 0.0714. The van der Waals surface area contributed by atoms with Crippen LogP contribution in [0, 0.1) is 27.7 Å². The van der Waals surface area contributed by atoms with Gasteiger partial charge in [0.15, 0.2) is 0 Å². The van der Waals surface area contributed by atoms with Crippen LogP contribution in [0.1, 0.15) is 22.4 Å². The van der Waals surface area contributed by atoms with E-state index in [1.54, 1.807) is 0 Å². The molecule has 284 valence electrons. The van der Waals surface area contributed by atoms with Gasteiger partial charge in [0.1, 0.15) is 0 Å². The summed E-state index contributed by atoms with van der Waals surface area (Å²) in [6.45, 7) is 8.51. The predicted octanol–water partition coefficient (Wildman–Crippen LogP) is 14.9. The normalized spacial score (nSPS) is 11.4. The predicted molar refractivity (Wildman–Crippen MR) is 251 cm³/mol. The summed E-state index contributed by atoms with van der Waals surface area (Å²) in [5.74, 6) is 0. The third-order valence-electron chi connectivity index (χ3n) is 11.7. The van der Waals surface area contributed by atoms with Gasteiger partial charge >= 0.3 is 0 Å². The van der Waals surface area contributed by atoms with E-state index in [2.05, 4.69) is 242 Å². The van der Waals surface area contributed by atoms with Crippen LogP contribution in [0.25, 0.3) is 83.1 Å². The van der Waals surface area contributed by atoms with Crippen LogP contribution >= 0.6 is 0 Å². The topological polar surface area (TPSA) is 14.8 Å². The molecule has 3 heterocycles. The molecule has 0 radical (unpaired) electrons. The van der Waals surface area contributed by atoms with E-state index >= 15 is 0 Å². The van der Waals surface area contributed by atoms with Crippen LogP contribution in [-0.4, -0.2) is 13.7 Å². The highest BCUT2D eigenvalue weighted by Crippen LogP contribution is 2.38. The second-order valence-electron chi connectivity index (χ2n) is 15.7. The van der Waals surface area contributed by atoms with E-state index in [9.17, 15) is 0 Å². The first-order valence-corrected chi connectivity index (χ1v) is 20.4. The lowest BCUT2D eigenvalue weighted by molar-refractivity contribution is 1.02. The molecule has 11 rings (SSSR count). The summed E-state index contributed by atoms with van der Waals surface area (Å²) in [5, 5.41) is 5.03. The summed E-state index contributed by atoms with van der Waals surface area (Å²) in [7, 11) is 0. The minimum Gasteiger partial charge on any atom is -0.314 e. The van der Waals surface area contributed by atoms with Gasteiger partial charge in [0.2, 0.25) is 0 Å². The van der Waals surface area contributed by atoms with E-state index in [-0.39, 0.29) is 0 Å². The monoisotopic (exact) mass is 759 g/mol. The minimum atomic E-state index is 1.13. The highest BCUT2D eigenvalue weighted by molar-refractivity contribution is 6.10. The second-order valence-corrected chi connectivity index (χ2v) is 15.7. The molecule has 0 fully saturated rings. The first kappa shape index (κ1) is 36.0. The molecule has 0 saturated heterocycles. The summed E-state index contributed by atoms with van der Waals surface area (Å²) in [5.41, 5.74) is 18.1. The van der Waals surface area contributed by atoms with Crippen LogP contribution in [0.5, 0.6) is 0 Å². The highest BCUT2D eigenvalue weighted by Gasteiger charge is 2.18. The Morgan fingerprint density at radius 1 is 0.271 bits per heavy atom. The second kappa shape index (κ2) is 14.9. The molecule has 0 spiro atoms. The third-order valence-corrected chi connectivity index (χ3v) is 11.7. The summed E-state index contributed by atoms with van der Waals surface area (Å²) in [4.78, 5) is 0. The number of fused-ring (bicyclic) bond motifs is 6. The first-order chi connectivity index (χ1) is 28.9. The smallest absolute Gasteiger partial charge is 0.0541 e. The van der Waals surface area contributed by atoms with Crippen molar-refractivity contribution in [1.29, 1.82) is 0 Å². The summed E-state index contributed by atoms with van der Waals surface area (Å²) in [6, 6.07) is 72.8. The van der Waals surface area contributed by atoms with Crippen LogP contribution in [-0.2, 0) is 0 Å². The molecule has 0 saturated carbocycles. The van der Waals surface area contributed by atoms with Gasteiger partial charge in [-0.3, -0.25) is 0 Å². The molecule has 0 unspecified atom stereocenters. The van der Waals surface area contributed by atoms with E-state index < -0.39 is 0 Å². The van der Waals surface area contributed by atoms with Crippen molar-refractivity contribution in [1.82, 2.24) is 13.7 Å². The Morgan fingerprint density at radius 3 is 1.07 bits per heavy atom. The number of hydrogen-bond acceptors (Lipinski definition) is 0. The van der Waals surface area contributed by atoms with E-state index in [0.29, 0.717) is 0 Å². The van der Waals surface area contributed by atoms with Crippen molar-refractivity contribution >= 4 is 43.6 Å². The molecule has 0 N–H and O–H groups in total. The van der Waals surface area contributed by atoms with Crippen molar-refractivity contribution < 1.29 is 0 Å². The molecule has 11 aromatic rings. The first-order valence-electron chi connectivity index (χ1n) is 20.4. The van der Waals surface area contributed by atoms with Gasteiger partial charge in [0.05, 0.1) is 27.8 Å². The molecular formula is C56H45N3. The maximum absolute atomic E-state index is 2.43. The van der Waals surface area contributed by atoms with Gasteiger partial charge in [-0.2, -0.15) is 0 Å². The maximum atomic E-state index is 2.43. The van der Waals surface area contributed by atoms with Gasteiger partial charge in [0.25, 0.3) is 0 Å². The van der Waals surface area contributed by atoms with E-state index in [4.69, 9.17) is 0 Å². The van der Waals surface area contributed by atoms with Crippen molar-refractivity contribution in [3.63, 3.8) is 0 Å². The van der Waals surface area contributed by atoms with Gasteiger partial charge in [-0.1, -0.05) is 150 Å². The Hall–Kier alpha value is -7.36. The van der Waals surface area contributed by atoms with E-state index in [0.717, 1.165) is 17.1 Å². The fourth-order valence-electron chi connectivity index (χ4n) is 8.69. The van der Waals surface area contributed by atoms with Crippen LogP contribution in [0.4, 0.5) is 0 Å². The molecule has 0 aliphatic heterocycles. The Bertz CT molecular complexity index is 3020. The van der Waals surface area contributed by atoms with Crippen LogP contribution < -0.4 is 0 Å². The number of benzene rings is 8. The van der Waals surface area contributed by atoms with Crippen LogP contribution in [0.15, 0.2) is 200 Å². The Kier molecular flexibility index (Phi) is 9.07. The van der Waals surface area contributed by atoms with Gasteiger partial charge in [-0.05, 0) is 111 Å². The fourth-order valence-corrected chi connectivity index (χ4v) is 8.69. The SMILES string of the molecule is Cc1ccc(-c2ccc(C)n2-c2ccc(-c3cc(-n4c5ccccc5c5ccccc54)cc(-n4c5ccccc5c5ccccc54)c3)cc2)cc1.Cc1ccc(C)cc1. The molecule has 59 heavy (non-hydrogen) atoms. The van der Waals surface area contributed by atoms with Crippen molar-refractivity contribution in [3.05, 3.63) is 223 Å². The number of aryl methyl sites for hydroxylation is 4. The summed E-state index contributed by atoms with van der Waals surface area (Å²) < 4.78 is 7.21. The molecule has 0 aliphatic carbocycles. The standard InChI is InChI=1S/C48H35N3.C8H10/c1-32-19-22-35(23-20-32)44-28-21-33(2)49(44)37-26-24-34(25-27-37)36-29-38(50-45-15-7-3-11-40(45)41-12-4-8-16-46(41)50)31-39(30-36)51-47-17-9-5-13-42(47)43-14-6-10-18-48(43)51;1-7-3-5-8(2)6-4-7/h3-31H,1-2H3;3-6H,1-2H3. The van der Waals surface area contributed by atoms with Crippen LogP contribution in [0.3, 0.4) is 0 Å². The molecule has 0 bridgehead atoms. The summed E-state index contributed by atoms with van der Waals surface area (Å²) >= 11 is 0. The van der Waals surface area contributed by atoms with Crippen molar-refractivity contribution in [2.75, 3.05) is 0 Å². The van der Waals surface area contributed by atoms with Crippen LogP contribution in [0.2, 0.25) is 0 Å². The number of para-hydroxylation sites is 4. The number of aromatic nitrogens is 3. The van der Waals surface area contributed by atoms with Gasteiger partial charge in [-0.25, -0.2) is 0 Å². The molecule has 3 nitrogen and oxygen atoms in total. The average molecular weight is 760 g/mol. The quantitative estimate of drug-likeness (QED) is 0.166. The molecule has 3 heteroatoms. The van der Waals surface area contributed by atoms with Crippen molar-refractivity contribution in [2.45, 2.75) is 27.7 Å².